The number of nitrogens with one attached hydrogen (secondary N) is 2. The number of halogens is 1. The lowest BCUT2D eigenvalue weighted by atomic mass is 10.1. The summed E-state index contributed by atoms with van der Waals surface area (Å²) >= 11 is 0. The van der Waals surface area contributed by atoms with Gasteiger partial charge in [-0.1, -0.05) is 0 Å². The quantitative estimate of drug-likeness (QED) is 0.262. The van der Waals surface area contributed by atoms with E-state index in [4.69, 9.17) is 23.7 Å². The Kier molecular flexibility index (Phi) is 11.7. The highest BCUT2D eigenvalue weighted by molar-refractivity contribution is 14.0. The summed E-state index contributed by atoms with van der Waals surface area (Å²) in [6.07, 6.45) is 0. The maximum atomic E-state index is 5.65. The third kappa shape index (κ3) is 6.98. The van der Waals surface area contributed by atoms with Crippen LogP contribution in [-0.2, 0) is 6.54 Å². The molecule has 0 heterocycles. The van der Waals surface area contributed by atoms with Crippen molar-refractivity contribution < 1.29 is 23.7 Å². The number of nitrogens with zero attached hydrogens (tertiary/aromatic N) is 1. The molecule has 31 heavy (non-hydrogen) atoms. The maximum Gasteiger partial charge on any atom is 0.203 e. The maximum absolute atomic E-state index is 5.65. The molecule has 0 aliphatic heterocycles. The molecule has 2 N–H and O–H groups in total. The molecule has 0 amide bonds. The van der Waals surface area contributed by atoms with E-state index in [9.17, 15) is 0 Å². The number of benzene rings is 2. The molecule has 172 valence electrons. The third-order valence-electron chi connectivity index (χ3n) is 4.26. The first-order chi connectivity index (χ1) is 14.6. The Morgan fingerprint density at radius 2 is 1.52 bits per heavy atom. The van der Waals surface area contributed by atoms with Gasteiger partial charge in [-0.05, 0) is 38.1 Å². The highest BCUT2D eigenvalue weighted by atomic mass is 127. The van der Waals surface area contributed by atoms with Gasteiger partial charge in [-0.15, -0.1) is 24.0 Å². The Bertz CT molecular complexity index is 861. The van der Waals surface area contributed by atoms with Gasteiger partial charge in [0.25, 0.3) is 0 Å². The molecule has 0 fully saturated rings. The molecule has 0 saturated heterocycles. The largest absolute Gasteiger partial charge is 0.493 e. The molecule has 2 rings (SSSR count). The summed E-state index contributed by atoms with van der Waals surface area (Å²) in [7, 11) is 6.39. The van der Waals surface area contributed by atoms with E-state index in [1.54, 1.807) is 28.4 Å². The second-order valence-corrected chi connectivity index (χ2v) is 6.11. The van der Waals surface area contributed by atoms with Crippen LogP contribution in [0.5, 0.6) is 28.7 Å². The van der Waals surface area contributed by atoms with E-state index in [1.807, 2.05) is 44.2 Å². The number of rotatable bonds is 10. The monoisotopic (exact) mass is 545 g/mol. The van der Waals surface area contributed by atoms with Gasteiger partial charge in [-0.2, -0.15) is 0 Å². The molecule has 2 aromatic rings. The molecule has 9 heteroatoms. The van der Waals surface area contributed by atoms with Crippen molar-refractivity contribution in [1.29, 1.82) is 0 Å². The first-order valence-electron chi connectivity index (χ1n) is 9.75. The van der Waals surface area contributed by atoms with E-state index in [0.29, 0.717) is 54.4 Å². The highest BCUT2D eigenvalue weighted by Gasteiger charge is 2.15. The fourth-order valence-corrected chi connectivity index (χ4v) is 2.92. The number of hydrogen-bond acceptors (Lipinski definition) is 6. The van der Waals surface area contributed by atoms with Gasteiger partial charge in [0.05, 0.1) is 41.6 Å². The minimum atomic E-state index is 0. The minimum absolute atomic E-state index is 0. The molecule has 0 saturated carbocycles. The van der Waals surface area contributed by atoms with Gasteiger partial charge in [0.1, 0.15) is 0 Å². The van der Waals surface area contributed by atoms with Crippen LogP contribution in [0.2, 0.25) is 0 Å². The average Bonchev–Trinajstić information content (AvgIpc) is 2.77. The Morgan fingerprint density at radius 1 is 0.839 bits per heavy atom. The van der Waals surface area contributed by atoms with Gasteiger partial charge < -0.3 is 34.3 Å². The molecule has 0 radical (unpaired) electrons. The normalized spacial score (nSPS) is 10.6. The summed E-state index contributed by atoms with van der Waals surface area (Å²) < 4.78 is 27.3. The minimum Gasteiger partial charge on any atom is -0.493 e. The van der Waals surface area contributed by atoms with Crippen molar-refractivity contribution >= 4 is 35.6 Å². The zero-order valence-electron chi connectivity index (χ0n) is 18.9. The summed E-state index contributed by atoms with van der Waals surface area (Å²) in [5.41, 5.74) is 1.70. The fraction of sp³-hybridized carbons (Fsp3) is 0.409. The molecular weight excluding hydrogens is 513 g/mol. The van der Waals surface area contributed by atoms with E-state index >= 15 is 0 Å². The fourth-order valence-electron chi connectivity index (χ4n) is 2.92. The van der Waals surface area contributed by atoms with Crippen LogP contribution in [0.4, 0.5) is 5.69 Å². The predicted octanol–water partition coefficient (Wildman–Crippen LogP) is 4.32. The summed E-state index contributed by atoms with van der Waals surface area (Å²) in [6, 6.07) is 9.39. The number of guanidine groups is 1. The van der Waals surface area contributed by atoms with Crippen LogP contribution in [0, 0.1) is 0 Å². The van der Waals surface area contributed by atoms with E-state index in [0.717, 1.165) is 11.3 Å². The lowest BCUT2D eigenvalue weighted by molar-refractivity contribution is 0.311. The van der Waals surface area contributed by atoms with Crippen molar-refractivity contribution in [3.8, 4) is 28.7 Å². The van der Waals surface area contributed by atoms with Gasteiger partial charge in [0, 0.05) is 23.9 Å². The summed E-state index contributed by atoms with van der Waals surface area (Å²) in [5.74, 6) is 3.72. The molecular formula is C22H32IN3O5. The summed E-state index contributed by atoms with van der Waals surface area (Å²) in [6.45, 7) is 5.58. The van der Waals surface area contributed by atoms with Crippen molar-refractivity contribution in [2.75, 3.05) is 46.9 Å². The first kappa shape index (κ1) is 26.5. The van der Waals surface area contributed by atoms with Crippen LogP contribution < -0.4 is 34.3 Å². The molecule has 0 aliphatic rings. The van der Waals surface area contributed by atoms with Gasteiger partial charge in [0.15, 0.2) is 29.0 Å². The van der Waals surface area contributed by atoms with Gasteiger partial charge in [-0.25, -0.2) is 4.99 Å². The number of anilines is 1. The Labute approximate surface area is 201 Å². The van der Waals surface area contributed by atoms with Crippen LogP contribution in [0.1, 0.15) is 19.4 Å². The van der Waals surface area contributed by atoms with Gasteiger partial charge in [-0.3, -0.25) is 0 Å². The van der Waals surface area contributed by atoms with E-state index in [2.05, 4.69) is 15.6 Å². The Balaban J connectivity index is 0.00000480. The molecule has 0 aliphatic carbocycles. The molecule has 0 atom stereocenters. The first-order valence-corrected chi connectivity index (χ1v) is 9.75. The number of methoxy groups -OCH3 is 4. The lowest BCUT2D eigenvalue weighted by Crippen LogP contribution is -2.30. The van der Waals surface area contributed by atoms with Gasteiger partial charge >= 0.3 is 0 Å². The smallest absolute Gasteiger partial charge is 0.203 e. The molecule has 0 bridgehead atoms. The zero-order valence-corrected chi connectivity index (χ0v) is 21.2. The molecule has 0 spiro atoms. The second kappa shape index (κ2) is 13.7. The Hall–Kier alpha value is -2.56. The number of hydrogen-bond donors (Lipinski definition) is 2. The zero-order chi connectivity index (χ0) is 21.9. The molecule has 8 nitrogen and oxygen atoms in total. The molecule has 0 aromatic heterocycles. The van der Waals surface area contributed by atoms with E-state index < -0.39 is 0 Å². The van der Waals surface area contributed by atoms with Crippen molar-refractivity contribution in [3.63, 3.8) is 0 Å². The number of ether oxygens (including phenoxy) is 5. The van der Waals surface area contributed by atoms with Crippen LogP contribution in [0.3, 0.4) is 0 Å². The van der Waals surface area contributed by atoms with E-state index in [1.165, 1.54) is 0 Å². The van der Waals surface area contributed by atoms with Crippen LogP contribution in [0.25, 0.3) is 0 Å². The highest BCUT2D eigenvalue weighted by Crippen LogP contribution is 2.40. The SMILES string of the molecule is CCNC(=NCc1ccc(OC)c(OC)c1OC)Nc1ccc(OC)c(OCC)c1.I. The van der Waals surface area contributed by atoms with Crippen molar-refractivity contribution in [3.05, 3.63) is 35.9 Å². The van der Waals surface area contributed by atoms with Gasteiger partial charge in [0.2, 0.25) is 5.75 Å². The molecule has 2 aromatic carbocycles. The lowest BCUT2D eigenvalue weighted by Gasteiger charge is -2.16. The van der Waals surface area contributed by atoms with Crippen molar-refractivity contribution in [1.82, 2.24) is 5.32 Å². The van der Waals surface area contributed by atoms with Crippen molar-refractivity contribution in [2.24, 2.45) is 4.99 Å². The average molecular weight is 545 g/mol. The summed E-state index contributed by atoms with van der Waals surface area (Å²) in [5, 5.41) is 6.54. The summed E-state index contributed by atoms with van der Waals surface area (Å²) in [4.78, 5) is 4.68. The Morgan fingerprint density at radius 3 is 2.10 bits per heavy atom. The third-order valence-corrected chi connectivity index (χ3v) is 4.26. The molecule has 0 unspecified atom stereocenters. The standard InChI is InChI=1S/C22H31N3O5.HI/c1-7-23-22(25-16-10-12-17(26-3)19(13-16)30-8-2)24-14-15-9-11-18(27-4)21(29-6)20(15)28-5;/h9-13H,7-8,14H2,1-6H3,(H2,23,24,25);1H. The topological polar surface area (TPSA) is 82.6 Å². The number of aliphatic imine (C=N–C) groups is 1. The van der Waals surface area contributed by atoms with E-state index in [-0.39, 0.29) is 24.0 Å². The van der Waals surface area contributed by atoms with Crippen molar-refractivity contribution in [2.45, 2.75) is 20.4 Å². The van der Waals surface area contributed by atoms with Crippen LogP contribution in [0.15, 0.2) is 35.3 Å². The van der Waals surface area contributed by atoms with Crippen LogP contribution in [-0.4, -0.2) is 47.6 Å². The predicted molar refractivity (Wildman–Crippen MR) is 134 cm³/mol. The second-order valence-electron chi connectivity index (χ2n) is 6.11. The van der Waals surface area contributed by atoms with Crippen LogP contribution >= 0.6 is 24.0 Å².